The van der Waals surface area contributed by atoms with Gasteiger partial charge in [-0.2, -0.15) is 0 Å². The van der Waals surface area contributed by atoms with Crippen LogP contribution in [0.25, 0.3) is 5.76 Å². The minimum Gasteiger partial charge on any atom is -0.507 e. The highest BCUT2D eigenvalue weighted by atomic mass is 79.9. The van der Waals surface area contributed by atoms with Crippen molar-refractivity contribution in [3.8, 4) is 5.75 Å². The summed E-state index contributed by atoms with van der Waals surface area (Å²) < 4.78 is 11.4. The van der Waals surface area contributed by atoms with Gasteiger partial charge in [-0.15, -0.1) is 11.3 Å². The molecule has 1 fully saturated rings. The second-order valence-electron chi connectivity index (χ2n) is 7.13. The maximum Gasteiger partial charge on any atom is 0.295 e. The number of ether oxygens (including phenoxy) is 2. The number of ketones is 1. The number of aliphatic hydroxyl groups is 1. The van der Waals surface area contributed by atoms with Crippen LogP contribution in [0.4, 0.5) is 0 Å². The largest absolute Gasteiger partial charge is 0.507 e. The number of thiophene rings is 1. The Morgan fingerprint density at radius 3 is 2.67 bits per heavy atom. The molecule has 1 aliphatic rings. The third-order valence-corrected chi connectivity index (χ3v) is 6.32. The minimum absolute atomic E-state index is 0.0991. The highest BCUT2D eigenvalue weighted by molar-refractivity contribution is 9.10. The Bertz CT molecular complexity index is 954. The van der Waals surface area contributed by atoms with Crippen LogP contribution in [0.2, 0.25) is 0 Å². The summed E-state index contributed by atoms with van der Waals surface area (Å²) in [5.41, 5.74) is 0.537. The first-order chi connectivity index (χ1) is 14.3. The molecule has 1 atom stereocenters. The maximum atomic E-state index is 12.9. The molecule has 1 N–H and O–H groups in total. The van der Waals surface area contributed by atoms with Crippen LogP contribution in [0.1, 0.15) is 36.8 Å². The number of hydrogen-bond donors (Lipinski definition) is 1. The van der Waals surface area contributed by atoms with E-state index in [0.29, 0.717) is 35.4 Å². The number of amides is 1. The van der Waals surface area contributed by atoms with Gasteiger partial charge < -0.3 is 19.5 Å². The zero-order chi connectivity index (χ0) is 21.8. The molecule has 1 unspecified atom stereocenters. The average Bonchev–Trinajstić information content (AvgIpc) is 3.32. The van der Waals surface area contributed by atoms with E-state index in [-0.39, 0.29) is 17.4 Å². The van der Waals surface area contributed by atoms with E-state index in [0.717, 1.165) is 4.88 Å². The number of rotatable bonds is 8. The summed E-state index contributed by atoms with van der Waals surface area (Å²) in [6.07, 6.45) is 0.698. The van der Waals surface area contributed by atoms with Crippen molar-refractivity contribution in [3.63, 3.8) is 0 Å². The van der Waals surface area contributed by atoms with Gasteiger partial charge in [-0.05, 0) is 65.8 Å². The van der Waals surface area contributed by atoms with E-state index in [1.54, 1.807) is 25.3 Å². The molecule has 0 aliphatic carbocycles. The quantitative estimate of drug-likeness (QED) is 0.248. The number of nitrogens with zero attached hydrogens (tertiary/aromatic N) is 1. The molecule has 1 saturated heterocycles. The molecular weight excluding hydrogens is 470 g/mol. The molecule has 2 heterocycles. The van der Waals surface area contributed by atoms with Crippen molar-refractivity contribution in [2.45, 2.75) is 32.4 Å². The second kappa shape index (κ2) is 9.76. The van der Waals surface area contributed by atoms with E-state index >= 15 is 0 Å². The van der Waals surface area contributed by atoms with Gasteiger partial charge in [-0.3, -0.25) is 9.59 Å². The molecule has 0 saturated carbocycles. The molecule has 30 heavy (non-hydrogen) atoms. The van der Waals surface area contributed by atoms with Crippen molar-refractivity contribution < 1.29 is 24.2 Å². The van der Waals surface area contributed by atoms with Crippen molar-refractivity contribution in [3.05, 3.63) is 56.2 Å². The van der Waals surface area contributed by atoms with Crippen LogP contribution in [-0.4, -0.2) is 48.1 Å². The van der Waals surface area contributed by atoms with Crippen molar-refractivity contribution in [2.75, 3.05) is 20.3 Å². The third kappa shape index (κ3) is 4.61. The molecule has 8 heteroatoms. The van der Waals surface area contributed by atoms with Crippen molar-refractivity contribution in [1.82, 2.24) is 4.90 Å². The highest BCUT2D eigenvalue weighted by Crippen LogP contribution is 2.41. The molecule has 0 radical (unpaired) electrons. The predicted molar refractivity (Wildman–Crippen MR) is 120 cm³/mol. The zero-order valence-electron chi connectivity index (χ0n) is 17.1. The van der Waals surface area contributed by atoms with Gasteiger partial charge in [-0.1, -0.05) is 6.07 Å². The lowest BCUT2D eigenvalue weighted by molar-refractivity contribution is -0.140. The molecule has 1 amide bonds. The number of benzene rings is 1. The Morgan fingerprint density at radius 1 is 1.30 bits per heavy atom. The van der Waals surface area contributed by atoms with Gasteiger partial charge in [0.25, 0.3) is 11.7 Å². The van der Waals surface area contributed by atoms with Gasteiger partial charge in [0, 0.05) is 23.6 Å². The highest BCUT2D eigenvalue weighted by Gasteiger charge is 2.46. The number of methoxy groups -OCH3 is 1. The van der Waals surface area contributed by atoms with Gasteiger partial charge in [0.2, 0.25) is 0 Å². The Kier molecular flexibility index (Phi) is 7.33. The Hall–Kier alpha value is -2.16. The normalized spacial score (nSPS) is 18.4. The van der Waals surface area contributed by atoms with E-state index < -0.39 is 17.7 Å². The van der Waals surface area contributed by atoms with Crippen LogP contribution < -0.4 is 4.74 Å². The Labute approximate surface area is 188 Å². The van der Waals surface area contributed by atoms with Gasteiger partial charge in [0.05, 0.1) is 29.3 Å². The van der Waals surface area contributed by atoms with Crippen LogP contribution in [0.5, 0.6) is 5.75 Å². The van der Waals surface area contributed by atoms with Gasteiger partial charge in [-0.25, -0.2) is 0 Å². The van der Waals surface area contributed by atoms with E-state index in [1.165, 1.54) is 16.2 Å². The van der Waals surface area contributed by atoms with E-state index in [1.807, 2.05) is 31.4 Å². The summed E-state index contributed by atoms with van der Waals surface area (Å²) in [6, 6.07) is 8.14. The number of carbonyl (C=O) groups is 2. The molecule has 6 nitrogen and oxygen atoms in total. The lowest BCUT2D eigenvalue weighted by Gasteiger charge is -2.24. The summed E-state index contributed by atoms with van der Waals surface area (Å²) in [5, 5.41) is 12.9. The predicted octanol–water partition coefficient (Wildman–Crippen LogP) is 4.76. The number of Topliss-reactive ketones (excluding diaryl/α,β-unsaturated/α-hetero) is 1. The van der Waals surface area contributed by atoms with Gasteiger partial charge in [0.15, 0.2) is 0 Å². The Morgan fingerprint density at radius 2 is 2.07 bits per heavy atom. The summed E-state index contributed by atoms with van der Waals surface area (Å²) in [5.74, 6) is -0.877. The van der Waals surface area contributed by atoms with Crippen LogP contribution in [0, 0.1) is 0 Å². The lowest BCUT2D eigenvalue weighted by atomic mass is 10.00. The average molecular weight is 494 g/mol. The smallest absolute Gasteiger partial charge is 0.295 e. The first-order valence-corrected chi connectivity index (χ1v) is 11.3. The molecule has 1 aliphatic heterocycles. The van der Waals surface area contributed by atoms with Crippen LogP contribution >= 0.6 is 27.3 Å². The third-order valence-electron chi connectivity index (χ3n) is 4.77. The van der Waals surface area contributed by atoms with Crippen molar-refractivity contribution >= 4 is 44.7 Å². The SMILES string of the molecule is COc1ccc(/C(O)=C2/C(=O)C(=O)N(CCCOC(C)C)C2c2cccs2)cc1Br. The molecule has 0 bridgehead atoms. The van der Waals surface area contributed by atoms with Crippen LogP contribution in [0.15, 0.2) is 45.8 Å². The van der Waals surface area contributed by atoms with Crippen molar-refractivity contribution in [1.29, 1.82) is 0 Å². The Balaban J connectivity index is 1.99. The van der Waals surface area contributed by atoms with Crippen LogP contribution in [0.3, 0.4) is 0 Å². The molecule has 1 aromatic heterocycles. The molecule has 3 rings (SSSR count). The topological polar surface area (TPSA) is 76.1 Å². The number of hydrogen-bond acceptors (Lipinski definition) is 6. The fourth-order valence-corrected chi connectivity index (χ4v) is 4.76. The van der Waals surface area contributed by atoms with E-state index in [4.69, 9.17) is 9.47 Å². The van der Waals surface area contributed by atoms with Crippen LogP contribution in [-0.2, 0) is 14.3 Å². The molecular formula is C22H24BrNO5S. The van der Waals surface area contributed by atoms with Gasteiger partial charge >= 0.3 is 0 Å². The summed E-state index contributed by atoms with van der Waals surface area (Å²) in [7, 11) is 1.55. The number of aliphatic hydroxyl groups excluding tert-OH is 1. The summed E-state index contributed by atoms with van der Waals surface area (Å²) in [4.78, 5) is 28.1. The van der Waals surface area contributed by atoms with E-state index in [2.05, 4.69) is 15.9 Å². The zero-order valence-corrected chi connectivity index (χ0v) is 19.5. The lowest BCUT2D eigenvalue weighted by Crippen LogP contribution is -2.31. The van der Waals surface area contributed by atoms with Crippen molar-refractivity contribution in [2.24, 2.45) is 0 Å². The molecule has 2 aromatic rings. The molecule has 0 spiro atoms. The first kappa shape index (κ1) is 22.5. The summed E-state index contributed by atoms with van der Waals surface area (Å²) >= 11 is 4.84. The number of carbonyl (C=O) groups excluding carboxylic acids is 2. The number of likely N-dealkylation sites (tertiary alicyclic amines) is 1. The molecule has 160 valence electrons. The fourth-order valence-electron chi connectivity index (χ4n) is 3.38. The summed E-state index contributed by atoms with van der Waals surface area (Å²) in [6.45, 7) is 4.75. The standard InChI is InChI=1S/C22H24BrNO5S/c1-13(2)29-10-5-9-24-19(17-6-4-11-30-17)18(21(26)22(24)27)20(25)14-7-8-16(28-3)15(23)12-14/h4,6-8,11-13,19,25H,5,9-10H2,1-3H3/b20-18-. The fraction of sp³-hybridized carbons (Fsp3) is 0.364. The monoisotopic (exact) mass is 493 g/mol. The maximum absolute atomic E-state index is 12.9. The van der Waals surface area contributed by atoms with E-state index in [9.17, 15) is 14.7 Å². The minimum atomic E-state index is -0.678. The van der Waals surface area contributed by atoms with Gasteiger partial charge in [0.1, 0.15) is 11.5 Å². The molecule has 1 aromatic carbocycles. The second-order valence-corrected chi connectivity index (χ2v) is 8.96. The first-order valence-electron chi connectivity index (χ1n) is 9.62. The number of halogens is 1.